The molecule has 2 aliphatic heterocycles. The average molecular weight is 404 g/mol. The molecule has 156 valence electrons. The summed E-state index contributed by atoms with van der Waals surface area (Å²) in [5, 5.41) is 2.91. The largest absolute Gasteiger partial charge is 0.326 e. The number of nitrogens with zero attached hydrogens (tertiary/aromatic N) is 2. The van der Waals surface area contributed by atoms with Gasteiger partial charge in [0.1, 0.15) is 5.54 Å². The molecule has 0 radical (unpaired) electrons. The molecule has 5 nitrogen and oxygen atoms in total. The zero-order chi connectivity index (χ0) is 21.3. The van der Waals surface area contributed by atoms with Crippen molar-refractivity contribution in [2.45, 2.75) is 38.6 Å². The van der Waals surface area contributed by atoms with Crippen molar-refractivity contribution in [2.75, 3.05) is 19.8 Å². The zero-order valence-corrected chi connectivity index (χ0v) is 17.9. The van der Waals surface area contributed by atoms with Gasteiger partial charge in [0, 0.05) is 13.1 Å². The van der Waals surface area contributed by atoms with Crippen LogP contribution in [-0.4, -0.2) is 41.5 Å². The van der Waals surface area contributed by atoms with Crippen LogP contribution in [0.3, 0.4) is 0 Å². The van der Waals surface area contributed by atoms with Crippen molar-refractivity contribution in [3.8, 4) is 0 Å². The Morgan fingerprint density at radius 1 is 1.03 bits per heavy atom. The highest BCUT2D eigenvalue weighted by molar-refractivity contribution is 6.07. The molecule has 3 amide bonds. The van der Waals surface area contributed by atoms with Gasteiger partial charge in [-0.25, -0.2) is 9.69 Å². The molecular weight excluding hydrogens is 374 g/mol. The number of hydrogen-bond acceptors (Lipinski definition) is 3. The van der Waals surface area contributed by atoms with Crippen LogP contribution in [0.25, 0.3) is 5.57 Å². The molecule has 2 aliphatic rings. The second-order valence-corrected chi connectivity index (χ2v) is 8.63. The Hall–Kier alpha value is -2.92. The van der Waals surface area contributed by atoms with Crippen molar-refractivity contribution in [1.82, 2.24) is 15.1 Å². The summed E-state index contributed by atoms with van der Waals surface area (Å²) in [5.41, 5.74) is 3.57. The van der Waals surface area contributed by atoms with Gasteiger partial charge in [0.05, 0.1) is 6.67 Å². The summed E-state index contributed by atoms with van der Waals surface area (Å²) in [6.45, 7) is 7.91. The number of imide groups is 1. The lowest BCUT2D eigenvalue weighted by Gasteiger charge is -2.30. The van der Waals surface area contributed by atoms with Crippen molar-refractivity contribution in [3.05, 3.63) is 77.4 Å². The van der Waals surface area contributed by atoms with Crippen LogP contribution in [0.5, 0.6) is 0 Å². The van der Waals surface area contributed by atoms with Crippen LogP contribution < -0.4 is 5.32 Å². The van der Waals surface area contributed by atoms with Crippen molar-refractivity contribution < 1.29 is 9.59 Å². The van der Waals surface area contributed by atoms with Crippen molar-refractivity contribution in [2.24, 2.45) is 0 Å². The summed E-state index contributed by atoms with van der Waals surface area (Å²) in [7, 11) is 0. The molecule has 0 bridgehead atoms. The fourth-order valence-corrected chi connectivity index (χ4v) is 4.18. The number of benzene rings is 2. The third-order valence-corrected chi connectivity index (χ3v) is 6.21. The minimum atomic E-state index is -1.02. The summed E-state index contributed by atoms with van der Waals surface area (Å²) < 4.78 is 0. The lowest BCUT2D eigenvalue weighted by atomic mass is 9.90. The summed E-state index contributed by atoms with van der Waals surface area (Å²) in [5.74, 6) is 0.229. The first-order chi connectivity index (χ1) is 14.4. The number of rotatable bonds is 5. The van der Waals surface area contributed by atoms with E-state index in [-0.39, 0.29) is 11.9 Å². The first-order valence-corrected chi connectivity index (χ1v) is 10.6. The zero-order valence-electron chi connectivity index (χ0n) is 17.9. The highest BCUT2D eigenvalue weighted by Crippen LogP contribution is 2.30. The standard InChI is InChI=1S/C25H29N3O2/c1-18(2)19-9-11-22(12-10-19)25(3)23(29)28(24(30)26-25)17-27-15-13-21(14-16-27)20-7-5-4-6-8-20/h4-13,18H,14-17H2,1-3H3,(H,26,30)/t25-/m0/s1. The molecule has 0 saturated carbocycles. The van der Waals surface area contributed by atoms with E-state index in [0.29, 0.717) is 12.6 Å². The Morgan fingerprint density at radius 3 is 2.33 bits per heavy atom. The molecular formula is C25H29N3O2. The molecule has 1 atom stereocenters. The summed E-state index contributed by atoms with van der Waals surface area (Å²) in [6, 6.07) is 18.0. The van der Waals surface area contributed by atoms with Crippen LogP contribution in [0.15, 0.2) is 60.7 Å². The van der Waals surface area contributed by atoms with Crippen molar-refractivity contribution >= 4 is 17.5 Å². The first kappa shape index (κ1) is 20.4. The average Bonchev–Trinajstić information content (AvgIpc) is 2.99. The van der Waals surface area contributed by atoms with E-state index in [4.69, 9.17) is 0 Å². The fraction of sp³-hybridized carbons (Fsp3) is 0.360. The molecule has 2 aromatic carbocycles. The number of urea groups is 1. The molecule has 5 heteroatoms. The van der Waals surface area contributed by atoms with Crippen LogP contribution in [0, 0.1) is 0 Å². The van der Waals surface area contributed by atoms with E-state index in [9.17, 15) is 9.59 Å². The van der Waals surface area contributed by atoms with Crippen LogP contribution >= 0.6 is 0 Å². The van der Waals surface area contributed by atoms with E-state index in [0.717, 1.165) is 25.1 Å². The molecule has 2 heterocycles. The van der Waals surface area contributed by atoms with Crippen LogP contribution in [0.1, 0.15) is 49.8 Å². The smallest absolute Gasteiger partial charge is 0.319 e. The van der Waals surface area contributed by atoms with Gasteiger partial charge in [-0.2, -0.15) is 0 Å². The quantitative estimate of drug-likeness (QED) is 0.757. The maximum Gasteiger partial charge on any atom is 0.326 e. The monoisotopic (exact) mass is 403 g/mol. The van der Waals surface area contributed by atoms with E-state index in [1.165, 1.54) is 21.6 Å². The van der Waals surface area contributed by atoms with E-state index >= 15 is 0 Å². The highest BCUT2D eigenvalue weighted by atomic mass is 16.2. The lowest BCUT2D eigenvalue weighted by molar-refractivity contribution is -0.132. The number of carbonyl (C=O) groups excluding carboxylic acids is 2. The Kier molecular flexibility index (Phi) is 5.48. The molecule has 0 aromatic heterocycles. The molecule has 1 fully saturated rings. The normalized spacial score (nSPS) is 22.4. The van der Waals surface area contributed by atoms with Gasteiger partial charge in [0.2, 0.25) is 0 Å². The Labute approximate surface area is 178 Å². The first-order valence-electron chi connectivity index (χ1n) is 10.6. The van der Waals surface area contributed by atoms with Gasteiger partial charge >= 0.3 is 6.03 Å². The predicted molar refractivity (Wildman–Crippen MR) is 119 cm³/mol. The van der Waals surface area contributed by atoms with E-state index in [1.54, 1.807) is 6.92 Å². The third kappa shape index (κ3) is 3.77. The van der Waals surface area contributed by atoms with Gasteiger partial charge in [-0.05, 0) is 41.5 Å². The molecule has 0 unspecified atom stereocenters. The highest BCUT2D eigenvalue weighted by Gasteiger charge is 2.49. The summed E-state index contributed by atoms with van der Waals surface area (Å²) in [4.78, 5) is 29.4. The Bertz CT molecular complexity index is 966. The third-order valence-electron chi connectivity index (χ3n) is 6.21. The number of hydrogen-bond donors (Lipinski definition) is 1. The van der Waals surface area contributed by atoms with Gasteiger partial charge in [-0.15, -0.1) is 0 Å². The predicted octanol–water partition coefficient (Wildman–Crippen LogP) is 4.32. The molecule has 0 spiro atoms. The molecule has 0 aliphatic carbocycles. The van der Waals surface area contributed by atoms with Gasteiger partial charge < -0.3 is 5.32 Å². The number of carbonyl (C=O) groups is 2. The molecule has 2 aromatic rings. The molecule has 30 heavy (non-hydrogen) atoms. The molecule has 1 N–H and O–H groups in total. The van der Waals surface area contributed by atoms with Crippen LogP contribution in [-0.2, 0) is 10.3 Å². The Balaban J connectivity index is 1.45. The second kappa shape index (κ2) is 8.07. The molecule has 1 saturated heterocycles. The van der Waals surface area contributed by atoms with E-state index < -0.39 is 5.54 Å². The van der Waals surface area contributed by atoms with Gasteiger partial charge in [0.15, 0.2) is 0 Å². The maximum absolute atomic E-state index is 13.2. The number of nitrogens with one attached hydrogen (secondary N) is 1. The summed E-state index contributed by atoms with van der Waals surface area (Å²) >= 11 is 0. The minimum absolute atomic E-state index is 0.192. The lowest BCUT2D eigenvalue weighted by Crippen LogP contribution is -2.44. The fourth-order valence-electron chi connectivity index (χ4n) is 4.18. The van der Waals surface area contributed by atoms with E-state index in [1.807, 2.05) is 42.5 Å². The van der Waals surface area contributed by atoms with Crippen molar-refractivity contribution in [1.29, 1.82) is 0 Å². The number of amides is 3. The minimum Gasteiger partial charge on any atom is -0.319 e. The summed E-state index contributed by atoms with van der Waals surface area (Å²) in [6.07, 6.45) is 3.10. The van der Waals surface area contributed by atoms with Gasteiger partial charge in [-0.1, -0.05) is 74.5 Å². The van der Waals surface area contributed by atoms with Gasteiger partial charge in [0.25, 0.3) is 5.91 Å². The van der Waals surface area contributed by atoms with Gasteiger partial charge in [-0.3, -0.25) is 9.69 Å². The van der Waals surface area contributed by atoms with Crippen molar-refractivity contribution in [3.63, 3.8) is 0 Å². The second-order valence-electron chi connectivity index (χ2n) is 8.63. The SMILES string of the molecule is CC(C)c1ccc([C@]2(C)NC(=O)N(CN3CC=C(c4ccccc4)CC3)C2=O)cc1. The van der Waals surface area contributed by atoms with E-state index in [2.05, 4.69) is 42.3 Å². The topological polar surface area (TPSA) is 52.7 Å². The maximum atomic E-state index is 13.2. The van der Waals surface area contributed by atoms with Crippen LogP contribution in [0.4, 0.5) is 4.79 Å². The Morgan fingerprint density at radius 2 is 1.73 bits per heavy atom. The molecule has 4 rings (SSSR count). The van der Waals surface area contributed by atoms with Crippen LogP contribution in [0.2, 0.25) is 0 Å².